The number of hydrogen-bond acceptors (Lipinski definition) is 4. The smallest absolute Gasteiger partial charge is 0.244 e. The Morgan fingerprint density at radius 3 is 2.48 bits per heavy atom. The van der Waals surface area contributed by atoms with E-state index in [0.717, 1.165) is 21.8 Å². The number of rotatable bonds is 8. The van der Waals surface area contributed by atoms with E-state index >= 15 is 0 Å². The molecule has 0 atom stereocenters. The predicted octanol–water partition coefficient (Wildman–Crippen LogP) is 4.14. The average molecular weight is 404 g/mol. The lowest BCUT2D eigenvalue weighted by Crippen LogP contribution is -2.31. The zero-order valence-electron chi connectivity index (χ0n) is 15.7. The van der Waals surface area contributed by atoms with Gasteiger partial charge in [-0.2, -0.15) is 0 Å². The second kappa shape index (κ2) is 10.8. The van der Waals surface area contributed by atoms with Crippen molar-refractivity contribution in [1.29, 1.82) is 0 Å². The molecule has 0 spiro atoms. The molecule has 29 heavy (non-hydrogen) atoms. The Morgan fingerprint density at radius 2 is 1.76 bits per heavy atom. The molecule has 0 fully saturated rings. The Balaban J connectivity index is 1.41. The second-order valence-electron chi connectivity index (χ2n) is 6.18. The molecule has 2 amide bonds. The fraction of sp³-hybridized carbons (Fsp3) is 0.0870. The van der Waals surface area contributed by atoms with E-state index in [4.69, 9.17) is 0 Å². The highest BCUT2D eigenvalue weighted by molar-refractivity contribution is 7.98. The van der Waals surface area contributed by atoms with Crippen molar-refractivity contribution in [3.8, 4) is 0 Å². The maximum atomic E-state index is 12.0. The monoisotopic (exact) mass is 403 g/mol. The van der Waals surface area contributed by atoms with Gasteiger partial charge < -0.3 is 10.6 Å². The van der Waals surface area contributed by atoms with Crippen LogP contribution >= 0.6 is 11.8 Å². The molecule has 2 aromatic carbocycles. The standard InChI is InChI=1S/C23H21N3O2S/c27-22(13-8-18-5-2-1-3-6-18)25-16-23(28)26-20-9-11-21(12-10-20)29-17-19-7-4-14-24-15-19/h1-15H,16-17H2,(H,25,27)(H,26,28)/b13-8+. The maximum absolute atomic E-state index is 12.0. The lowest BCUT2D eigenvalue weighted by molar-refractivity contribution is -0.121. The van der Waals surface area contributed by atoms with Crippen LogP contribution in [-0.4, -0.2) is 23.3 Å². The maximum Gasteiger partial charge on any atom is 0.244 e. The molecular formula is C23H21N3O2S. The van der Waals surface area contributed by atoms with Crippen LogP contribution in [0.5, 0.6) is 0 Å². The van der Waals surface area contributed by atoms with Crippen LogP contribution in [-0.2, 0) is 15.3 Å². The third-order valence-electron chi connectivity index (χ3n) is 3.92. The van der Waals surface area contributed by atoms with Crippen molar-refractivity contribution < 1.29 is 9.59 Å². The normalized spacial score (nSPS) is 10.6. The first-order valence-corrected chi connectivity index (χ1v) is 10.1. The lowest BCUT2D eigenvalue weighted by Gasteiger charge is -2.07. The van der Waals surface area contributed by atoms with Gasteiger partial charge in [0.1, 0.15) is 0 Å². The average Bonchev–Trinajstić information content (AvgIpc) is 2.77. The summed E-state index contributed by atoms with van der Waals surface area (Å²) >= 11 is 1.70. The van der Waals surface area contributed by atoms with Crippen molar-refractivity contribution in [3.05, 3.63) is 96.3 Å². The van der Waals surface area contributed by atoms with Gasteiger partial charge in [0.25, 0.3) is 0 Å². The van der Waals surface area contributed by atoms with Crippen LogP contribution in [0.2, 0.25) is 0 Å². The molecule has 0 saturated heterocycles. The third kappa shape index (κ3) is 7.27. The Kier molecular flexibility index (Phi) is 7.60. The summed E-state index contributed by atoms with van der Waals surface area (Å²) in [4.78, 5) is 29.1. The number of pyridine rings is 1. The molecule has 146 valence electrons. The van der Waals surface area contributed by atoms with E-state index in [1.807, 2.05) is 72.9 Å². The van der Waals surface area contributed by atoms with Crippen molar-refractivity contribution in [3.63, 3.8) is 0 Å². The van der Waals surface area contributed by atoms with E-state index in [9.17, 15) is 9.59 Å². The number of carbonyl (C=O) groups excluding carboxylic acids is 2. The van der Waals surface area contributed by atoms with Gasteiger partial charge in [-0.05, 0) is 47.5 Å². The Labute approximate surface area is 174 Å². The minimum Gasteiger partial charge on any atom is -0.343 e. The molecule has 3 rings (SSSR count). The van der Waals surface area contributed by atoms with E-state index in [1.165, 1.54) is 6.08 Å². The number of nitrogens with zero attached hydrogens (tertiary/aromatic N) is 1. The SMILES string of the molecule is O=C(/C=C/c1ccccc1)NCC(=O)Nc1ccc(SCc2cccnc2)cc1. The molecule has 0 radical (unpaired) electrons. The van der Waals surface area contributed by atoms with Gasteiger partial charge in [0.05, 0.1) is 6.54 Å². The predicted molar refractivity (Wildman–Crippen MR) is 117 cm³/mol. The number of amides is 2. The molecule has 2 N–H and O–H groups in total. The van der Waals surface area contributed by atoms with Crippen molar-refractivity contribution in [1.82, 2.24) is 10.3 Å². The molecule has 1 heterocycles. The second-order valence-corrected chi connectivity index (χ2v) is 7.23. The summed E-state index contributed by atoms with van der Waals surface area (Å²) in [6, 6.07) is 21.1. The summed E-state index contributed by atoms with van der Waals surface area (Å²) in [5, 5.41) is 5.35. The van der Waals surface area contributed by atoms with Crippen LogP contribution in [0.15, 0.2) is 90.1 Å². The van der Waals surface area contributed by atoms with Gasteiger partial charge in [-0.3, -0.25) is 14.6 Å². The zero-order valence-corrected chi connectivity index (χ0v) is 16.6. The first-order chi connectivity index (χ1) is 14.2. The number of aromatic nitrogens is 1. The molecular weight excluding hydrogens is 382 g/mol. The van der Waals surface area contributed by atoms with Crippen LogP contribution in [0, 0.1) is 0 Å². The quantitative estimate of drug-likeness (QED) is 0.438. The Hall–Kier alpha value is -3.38. The highest BCUT2D eigenvalue weighted by Gasteiger charge is 2.04. The molecule has 0 unspecified atom stereocenters. The molecule has 0 aliphatic heterocycles. The minimum atomic E-state index is -0.314. The molecule has 0 bridgehead atoms. The van der Waals surface area contributed by atoms with Crippen molar-refractivity contribution in [2.24, 2.45) is 0 Å². The summed E-state index contributed by atoms with van der Waals surface area (Å²) in [5.74, 6) is 0.246. The fourth-order valence-corrected chi connectivity index (χ4v) is 3.28. The summed E-state index contributed by atoms with van der Waals surface area (Å²) in [7, 11) is 0. The highest BCUT2D eigenvalue weighted by atomic mass is 32.2. The van der Waals surface area contributed by atoms with Crippen molar-refractivity contribution in [2.75, 3.05) is 11.9 Å². The zero-order chi connectivity index (χ0) is 20.3. The summed E-state index contributed by atoms with van der Waals surface area (Å²) in [5.41, 5.74) is 2.77. The van der Waals surface area contributed by atoms with Crippen LogP contribution in [0.25, 0.3) is 6.08 Å². The molecule has 1 aromatic heterocycles. The van der Waals surface area contributed by atoms with Gasteiger partial charge in [0.2, 0.25) is 11.8 Å². The number of benzene rings is 2. The first-order valence-electron chi connectivity index (χ1n) is 9.11. The summed E-state index contributed by atoms with van der Waals surface area (Å²) in [6.07, 6.45) is 6.73. The number of anilines is 1. The van der Waals surface area contributed by atoms with Gasteiger partial charge in [-0.1, -0.05) is 36.4 Å². The van der Waals surface area contributed by atoms with Crippen LogP contribution in [0.3, 0.4) is 0 Å². The van der Waals surface area contributed by atoms with Gasteiger partial charge in [-0.15, -0.1) is 11.8 Å². The Morgan fingerprint density at radius 1 is 0.966 bits per heavy atom. The minimum absolute atomic E-state index is 0.0878. The lowest BCUT2D eigenvalue weighted by atomic mass is 10.2. The molecule has 3 aromatic rings. The summed E-state index contributed by atoms with van der Waals surface area (Å²) < 4.78 is 0. The van der Waals surface area contributed by atoms with Crippen molar-refractivity contribution in [2.45, 2.75) is 10.6 Å². The molecule has 0 aliphatic rings. The summed E-state index contributed by atoms with van der Waals surface area (Å²) in [6.45, 7) is -0.0878. The van der Waals surface area contributed by atoms with Crippen LogP contribution in [0.1, 0.15) is 11.1 Å². The van der Waals surface area contributed by atoms with E-state index in [2.05, 4.69) is 15.6 Å². The van der Waals surface area contributed by atoms with E-state index in [0.29, 0.717) is 5.69 Å². The van der Waals surface area contributed by atoms with Crippen LogP contribution in [0.4, 0.5) is 5.69 Å². The van der Waals surface area contributed by atoms with Crippen molar-refractivity contribution >= 4 is 35.3 Å². The Bertz CT molecular complexity index is 958. The number of nitrogens with one attached hydrogen (secondary N) is 2. The van der Waals surface area contributed by atoms with Gasteiger partial charge in [0, 0.05) is 34.8 Å². The van der Waals surface area contributed by atoms with E-state index in [-0.39, 0.29) is 18.4 Å². The fourth-order valence-electron chi connectivity index (χ4n) is 2.45. The van der Waals surface area contributed by atoms with Gasteiger partial charge in [-0.25, -0.2) is 0 Å². The first kappa shape index (κ1) is 20.4. The molecule has 0 aliphatic carbocycles. The highest BCUT2D eigenvalue weighted by Crippen LogP contribution is 2.23. The number of hydrogen-bond donors (Lipinski definition) is 2. The molecule has 5 nitrogen and oxygen atoms in total. The van der Waals surface area contributed by atoms with E-state index < -0.39 is 0 Å². The van der Waals surface area contributed by atoms with Crippen LogP contribution < -0.4 is 10.6 Å². The topological polar surface area (TPSA) is 71.1 Å². The molecule has 0 saturated carbocycles. The molecule has 6 heteroatoms. The number of carbonyl (C=O) groups is 2. The largest absolute Gasteiger partial charge is 0.343 e. The van der Waals surface area contributed by atoms with Gasteiger partial charge >= 0.3 is 0 Å². The van der Waals surface area contributed by atoms with E-state index in [1.54, 1.807) is 24.0 Å². The third-order valence-corrected chi connectivity index (χ3v) is 5.00. The number of thioether (sulfide) groups is 1. The van der Waals surface area contributed by atoms with Gasteiger partial charge in [0.15, 0.2) is 0 Å².